The first-order valence-electron chi connectivity index (χ1n) is 6.42. The Hall–Kier alpha value is -1.49. The maximum absolute atomic E-state index is 12.4. The SMILES string of the molecule is CCOC(=O)[C@@]12C=CC(=O)C[C@@H]1OC(C)(C)CC2=O. The van der Waals surface area contributed by atoms with Gasteiger partial charge >= 0.3 is 5.97 Å². The summed E-state index contributed by atoms with van der Waals surface area (Å²) >= 11 is 0. The van der Waals surface area contributed by atoms with E-state index in [0.29, 0.717) is 0 Å². The van der Waals surface area contributed by atoms with Gasteiger partial charge in [0.15, 0.2) is 17.0 Å². The topological polar surface area (TPSA) is 69.7 Å². The number of hydrogen-bond donors (Lipinski definition) is 0. The van der Waals surface area contributed by atoms with Crippen LogP contribution in [-0.2, 0) is 23.9 Å². The summed E-state index contributed by atoms with van der Waals surface area (Å²) in [4.78, 5) is 36.2. The number of ketones is 2. The van der Waals surface area contributed by atoms with Crippen molar-refractivity contribution in [3.8, 4) is 0 Å². The standard InChI is InChI=1S/C14H18O5/c1-4-18-12(17)14-6-5-9(15)7-11(14)19-13(2,3)8-10(14)16/h5-6,11H,4,7-8H2,1-3H3/t11-,14+/m0/s1. The van der Waals surface area contributed by atoms with Crippen molar-refractivity contribution in [2.75, 3.05) is 6.61 Å². The van der Waals surface area contributed by atoms with Crippen molar-refractivity contribution in [3.63, 3.8) is 0 Å². The Morgan fingerprint density at radius 2 is 2.16 bits per heavy atom. The number of ether oxygens (including phenoxy) is 2. The minimum atomic E-state index is -1.44. The Balaban J connectivity index is 2.45. The number of carbonyl (C=O) groups excluding carboxylic acids is 3. The monoisotopic (exact) mass is 266 g/mol. The molecule has 0 aromatic rings. The Bertz CT molecular complexity index is 462. The molecule has 1 aliphatic heterocycles. The number of esters is 1. The third-order valence-electron chi connectivity index (χ3n) is 3.55. The van der Waals surface area contributed by atoms with E-state index in [1.54, 1.807) is 20.8 Å². The minimum absolute atomic E-state index is 0.0322. The molecule has 1 heterocycles. The second-order valence-electron chi connectivity index (χ2n) is 5.56. The number of hydrogen-bond acceptors (Lipinski definition) is 5. The molecule has 0 aromatic heterocycles. The summed E-state index contributed by atoms with van der Waals surface area (Å²) in [7, 11) is 0. The van der Waals surface area contributed by atoms with Gasteiger partial charge in [-0.25, -0.2) is 0 Å². The summed E-state index contributed by atoms with van der Waals surface area (Å²) in [6, 6.07) is 0. The molecule has 2 rings (SSSR count). The van der Waals surface area contributed by atoms with Crippen molar-refractivity contribution in [1.82, 2.24) is 0 Å². The van der Waals surface area contributed by atoms with Gasteiger partial charge in [0.1, 0.15) is 0 Å². The molecule has 0 spiro atoms. The maximum atomic E-state index is 12.4. The molecule has 1 fully saturated rings. The molecule has 0 unspecified atom stereocenters. The summed E-state index contributed by atoms with van der Waals surface area (Å²) in [6.07, 6.45) is 2.04. The third-order valence-corrected chi connectivity index (χ3v) is 3.55. The molecule has 0 bridgehead atoms. The average molecular weight is 266 g/mol. The van der Waals surface area contributed by atoms with Crippen molar-refractivity contribution in [2.45, 2.75) is 45.3 Å². The van der Waals surface area contributed by atoms with Crippen molar-refractivity contribution in [2.24, 2.45) is 5.41 Å². The lowest BCUT2D eigenvalue weighted by molar-refractivity contribution is -0.192. The van der Waals surface area contributed by atoms with Crippen LogP contribution in [-0.4, -0.2) is 35.8 Å². The van der Waals surface area contributed by atoms with E-state index < -0.39 is 23.1 Å². The lowest BCUT2D eigenvalue weighted by Crippen LogP contribution is -2.59. The number of carbonyl (C=O) groups is 3. The van der Waals surface area contributed by atoms with E-state index in [0.717, 1.165) is 0 Å². The lowest BCUT2D eigenvalue weighted by Gasteiger charge is -2.46. The lowest BCUT2D eigenvalue weighted by atomic mass is 9.68. The molecular weight excluding hydrogens is 248 g/mol. The zero-order valence-corrected chi connectivity index (χ0v) is 11.4. The molecule has 104 valence electrons. The fourth-order valence-corrected chi connectivity index (χ4v) is 2.67. The minimum Gasteiger partial charge on any atom is -0.465 e. The molecule has 5 nitrogen and oxygen atoms in total. The molecule has 5 heteroatoms. The van der Waals surface area contributed by atoms with E-state index in [1.807, 2.05) is 0 Å². The van der Waals surface area contributed by atoms with Gasteiger partial charge in [0.2, 0.25) is 0 Å². The second-order valence-corrected chi connectivity index (χ2v) is 5.56. The number of rotatable bonds is 2. The van der Waals surface area contributed by atoms with Crippen LogP contribution in [0.1, 0.15) is 33.6 Å². The first-order chi connectivity index (χ1) is 8.82. The summed E-state index contributed by atoms with van der Waals surface area (Å²) < 4.78 is 10.8. The third kappa shape index (κ3) is 2.23. The van der Waals surface area contributed by atoms with Gasteiger partial charge in [-0.2, -0.15) is 0 Å². The van der Waals surface area contributed by atoms with Crippen LogP contribution in [0.25, 0.3) is 0 Å². The second kappa shape index (κ2) is 4.56. The fraction of sp³-hybridized carbons (Fsp3) is 0.643. The summed E-state index contributed by atoms with van der Waals surface area (Å²) in [5, 5.41) is 0. The van der Waals surface area contributed by atoms with Crippen LogP contribution < -0.4 is 0 Å². The molecule has 19 heavy (non-hydrogen) atoms. The van der Waals surface area contributed by atoms with Crippen LogP contribution in [0.15, 0.2) is 12.2 Å². The van der Waals surface area contributed by atoms with E-state index in [2.05, 4.69) is 0 Å². The van der Waals surface area contributed by atoms with Gasteiger partial charge in [0, 0.05) is 12.8 Å². The van der Waals surface area contributed by atoms with Crippen LogP contribution in [0.2, 0.25) is 0 Å². The molecule has 0 amide bonds. The highest BCUT2D eigenvalue weighted by Gasteiger charge is 2.59. The van der Waals surface area contributed by atoms with Crippen LogP contribution in [0, 0.1) is 5.41 Å². The highest BCUT2D eigenvalue weighted by atomic mass is 16.5. The van der Waals surface area contributed by atoms with Crippen molar-refractivity contribution < 1.29 is 23.9 Å². The predicted molar refractivity (Wildman–Crippen MR) is 66.4 cm³/mol. The van der Waals surface area contributed by atoms with E-state index in [9.17, 15) is 14.4 Å². The molecule has 2 aliphatic rings. The fourth-order valence-electron chi connectivity index (χ4n) is 2.67. The molecular formula is C14H18O5. The zero-order valence-electron chi connectivity index (χ0n) is 11.4. The molecule has 1 saturated heterocycles. The number of Topliss-reactive ketones (excluding diaryl/α,β-unsaturated/α-hetero) is 1. The Labute approximate surface area is 111 Å². The Morgan fingerprint density at radius 3 is 2.79 bits per heavy atom. The van der Waals surface area contributed by atoms with Crippen molar-refractivity contribution >= 4 is 17.5 Å². The molecule has 0 aromatic carbocycles. The van der Waals surface area contributed by atoms with Gasteiger partial charge in [0.05, 0.1) is 18.3 Å². The zero-order chi connectivity index (χ0) is 14.3. The molecule has 2 atom stereocenters. The maximum Gasteiger partial charge on any atom is 0.326 e. The van der Waals surface area contributed by atoms with Crippen molar-refractivity contribution in [1.29, 1.82) is 0 Å². The Kier molecular flexibility index (Phi) is 3.34. The van der Waals surface area contributed by atoms with Gasteiger partial charge < -0.3 is 9.47 Å². The largest absolute Gasteiger partial charge is 0.465 e. The van der Waals surface area contributed by atoms with Gasteiger partial charge in [0.25, 0.3) is 0 Å². The number of allylic oxidation sites excluding steroid dienone is 1. The van der Waals surface area contributed by atoms with Crippen LogP contribution >= 0.6 is 0 Å². The smallest absolute Gasteiger partial charge is 0.326 e. The van der Waals surface area contributed by atoms with Crippen LogP contribution in [0.3, 0.4) is 0 Å². The van der Waals surface area contributed by atoms with Crippen molar-refractivity contribution in [3.05, 3.63) is 12.2 Å². The predicted octanol–water partition coefficient (Wildman–Crippen LogP) is 1.20. The van der Waals surface area contributed by atoms with E-state index >= 15 is 0 Å². The van der Waals surface area contributed by atoms with Gasteiger partial charge in [-0.3, -0.25) is 14.4 Å². The van der Waals surface area contributed by atoms with E-state index in [1.165, 1.54) is 12.2 Å². The number of fused-ring (bicyclic) bond motifs is 1. The highest BCUT2D eigenvalue weighted by molar-refractivity contribution is 6.10. The Morgan fingerprint density at radius 1 is 1.47 bits per heavy atom. The summed E-state index contributed by atoms with van der Waals surface area (Å²) in [5.74, 6) is -1.00. The van der Waals surface area contributed by atoms with Gasteiger partial charge in [-0.05, 0) is 26.8 Å². The average Bonchev–Trinajstić information content (AvgIpc) is 2.27. The quantitative estimate of drug-likeness (QED) is 0.555. The van der Waals surface area contributed by atoms with Crippen LogP contribution in [0.5, 0.6) is 0 Å². The normalized spacial score (nSPS) is 32.9. The summed E-state index contributed by atoms with van der Waals surface area (Å²) in [5.41, 5.74) is -2.11. The first kappa shape index (κ1) is 13.9. The summed E-state index contributed by atoms with van der Waals surface area (Å²) in [6.45, 7) is 5.43. The molecule has 0 saturated carbocycles. The van der Waals surface area contributed by atoms with E-state index in [4.69, 9.17) is 9.47 Å². The molecule has 1 aliphatic carbocycles. The van der Waals surface area contributed by atoms with Gasteiger partial charge in [-0.15, -0.1) is 0 Å². The molecule has 0 radical (unpaired) electrons. The van der Waals surface area contributed by atoms with Crippen LogP contribution in [0.4, 0.5) is 0 Å². The first-order valence-corrected chi connectivity index (χ1v) is 6.42. The highest BCUT2D eigenvalue weighted by Crippen LogP contribution is 2.44. The van der Waals surface area contributed by atoms with E-state index in [-0.39, 0.29) is 31.0 Å². The molecule has 0 N–H and O–H groups in total. The van der Waals surface area contributed by atoms with Gasteiger partial charge in [-0.1, -0.05) is 6.08 Å².